The van der Waals surface area contributed by atoms with Crippen molar-refractivity contribution in [3.63, 3.8) is 0 Å². The van der Waals surface area contributed by atoms with Crippen molar-refractivity contribution in [2.24, 2.45) is 23.7 Å². The minimum atomic E-state index is -0.613. The SMILES string of the molecule is CC(=O)C(C)C(=O)COC1C2CC3C(=O)OC1C3C2. The number of fused-ring (bicyclic) bond motifs is 1. The Morgan fingerprint density at radius 3 is 2.84 bits per heavy atom. The average Bonchev–Trinajstić information content (AvgIpc) is 2.97. The van der Waals surface area contributed by atoms with Gasteiger partial charge in [-0.3, -0.25) is 14.4 Å². The zero-order valence-corrected chi connectivity index (χ0v) is 11.1. The Labute approximate surface area is 111 Å². The zero-order valence-electron chi connectivity index (χ0n) is 11.1. The van der Waals surface area contributed by atoms with E-state index in [1.54, 1.807) is 6.92 Å². The van der Waals surface area contributed by atoms with Crippen LogP contribution in [0.1, 0.15) is 26.7 Å². The third kappa shape index (κ3) is 1.91. The summed E-state index contributed by atoms with van der Waals surface area (Å²) in [6.45, 7) is 2.94. The standard InChI is InChI=1S/C14H18O5/c1-6(7(2)15)11(16)5-18-12-8-3-9-10(4-8)14(17)19-13(9)12/h6,8-10,12-13H,3-5H2,1-2H3. The smallest absolute Gasteiger partial charge is 0.309 e. The second kappa shape index (κ2) is 4.40. The fraction of sp³-hybridized carbons (Fsp3) is 0.786. The molecule has 6 atom stereocenters. The van der Waals surface area contributed by atoms with Crippen LogP contribution >= 0.6 is 0 Å². The van der Waals surface area contributed by atoms with E-state index in [2.05, 4.69) is 0 Å². The largest absolute Gasteiger partial charge is 0.459 e. The number of rotatable bonds is 5. The van der Waals surface area contributed by atoms with Crippen LogP contribution in [-0.2, 0) is 23.9 Å². The maximum absolute atomic E-state index is 11.8. The Morgan fingerprint density at radius 1 is 1.42 bits per heavy atom. The summed E-state index contributed by atoms with van der Waals surface area (Å²) in [5.74, 6) is -0.397. The molecule has 2 aliphatic carbocycles. The highest BCUT2D eigenvalue weighted by Gasteiger charge is 2.62. The van der Waals surface area contributed by atoms with Crippen molar-refractivity contribution >= 4 is 17.5 Å². The first-order chi connectivity index (χ1) is 8.99. The Hall–Kier alpha value is -1.23. The van der Waals surface area contributed by atoms with E-state index in [0.717, 1.165) is 12.8 Å². The molecule has 0 radical (unpaired) electrons. The van der Waals surface area contributed by atoms with E-state index in [1.165, 1.54) is 6.92 Å². The molecule has 1 heterocycles. The first kappa shape index (κ1) is 12.8. The molecular formula is C14H18O5. The topological polar surface area (TPSA) is 69.7 Å². The van der Waals surface area contributed by atoms with Gasteiger partial charge in [0.25, 0.3) is 0 Å². The number of carbonyl (C=O) groups excluding carboxylic acids is 3. The van der Waals surface area contributed by atoms with Gasteiger partial charge in [-0.1, -0.05) is 0 Å². The number of esters is 1. The summed E-state index contributed by atoms with van der Waals surface area (Å²) in [6.07, 6.45) is 1.45. The van der Waals surface area contributed by atoms with Gasteiger partial charge in [0.15, 0.2) is 5.78 Å². The van der Waals surface area contributed by atoms with E-state index < -0.39 is 5.92 Å². The quantitative estimate of drug-likeness (QED) is 0.542. The van der Waals surface area contributed by atoms with Gasteiger partial charge in [-0.2, -0.15) is 0 Å². The Balaban J connectivity index is 1.59. The molecule has 0 spiro atoms. The molecule has 3 aliphatic rings. The summed E-state index contributed by atoms with van der Waals surface area (Å²) >= 11 is 0. The summed E-state index contributed by atoms with van der Waals surface area (Å²) < 4.78 is 11.0. The molecule has 0 N–H and O–H groups in total. The Bertz CT molecular complexity index is 443. The van der Waals surface area contributed by atoms with E-state index in [-0.39, 0.29) is 48.2 Å². The lowest BCUT2D eigenvalue weighted by Gasteiger charge is -2.25. The fourth-order valence-corrected chi connectivity index (χ4v) is 3.66. The lowest BCUT2D eigenvalue weighted by Crippen LogP contribution is -2.36. The lowest BCUT2D eigenvalue weighted by atomic mass is 9.88. The van der Waals surface area contributed by atoms with Gasteiger partial charge in [-0.25, -0.2) is 0 Å². The Morgan fingerprint density at radius 2 is 2.16 bits per heavy atom. The normalized spacial score (nSPS) is 40.3. The molecule has 0 aromatic rings. The van der Waals surface area contributed by atoms with Crippen molar-refractivity contribution in [3.05, 3.63) is 0 Å². The molecule has 0 amide bonds. The van der Waals surface area contributed by atoms with Crippen LogP contribution in [-0.4, -0.2) is 36.4 Å². The van der Waals surface area contributed by atoms with Gasteiger partial charge < -0.3 is 9.47 Å². The third-order valence-electron chi connectivity index (χ3n) is 4.92. The molecule has 19 heavy (non-hydrogen) atoms. The predicted octanol–water partition coefficient (Wildman–Crippen LogP) is 0.747. The zero-order chi connectivity index (χ0) is 13.7. The van der Waals surface area contributed by atoms with Gasteiger partial charge in [0, 0.05) is 5.92 Å². The maximum atomic E-state index is 11.8. The molecule has 2 saturated carbocycles. The highest BCUT2D eigenvalue weighted by molar-refractivity contribution is 6.01. The number of hydrogen-bond acceptors (Lipinski definition) is 5. The van der Waals surface area contributed by atoms with E-state index in [9.17, 15) is 14.4 Å². The summed E-state index contributed by atoms with van der Waals surface area (Å²) in [5.41, 5.74) is 0. The fourth-order valence-electron chi connectivity index (χ4n) is 3.66. The molecule has 0 aromatic carbocycles. The van der Waals surface area contributed by atoms with Crippen LogP contribution in [0, 0.1) is 23.7 Å². The first-order valence-electron chi connectivity index (χ1n) is 6.84. The number of hydrogen-bond donors (Lipinski definition) is 0. The highest BCUT2D eigenvalue weighted by Crippen LogP contribution is 2.55. The molecule has 3 rings (SSSR count). The number of carbonyl (C=O) groups is 3. The van der Waals surface area contributed by atoms with Crippen LogP contribution in [0.4, 0.5) is 0 Å². The van der Waals surface area contributed by atoms with Crippen molar-refractivity contribution in [2.45, 2.75) is 38.9 Å². The summed E-state index contributed by atoms with van der Waals surface area (Å²) in [5, 5.41) is 0. The minimum absolute atomic E-state index is 0.0571. The molecule has 104 valence electrons. The van der Waals surface area contributed by atoms with Crippen molar-refractivity contribution in [2.75, 3.05) is 6.61 Å². The van der Waals surface area contributed by atoms with Gasteiger partial charge in [-0.05, 0) is 32.6 Å². The Kier molecular flexibility index (Phi) is 2.96. The molecular weight excluding hydrogens is 248 g/mol. The molecule has 5 heteroatoms. The summed E-state index contributed by atoms with van der Waals surface area (Å²) in [6, 6.07) is 0. The van der Waals surface area contributed by atoms with Crippen LogP contribution in [0.5, 0.6) is 0 Å². The lowest BCUT2D eigenvalue weighted by molar-refractivity contribution is -0.148. The summed E-state index contributed by atoms with van der Waals surface area (Å²) in [4.78, 5) is 34.5. The maximum Gasteiger partial charge on any atom is 0.309 e. The van der Waals surface area contributed by atoms with Crippen molar-refractivity contribution < 1.29 is 23.9 Å². The van der Waals surface area contributed by atoms with Crippen LogP contribution in [0.15, 0.2) is 0 Å². The molecule has 0 aromatic heterocycles. The van der Waals surface area contributed by atoms with Crippen molar-refractivity contribution in [1.29, 1.82) is 0 Å². The van der Waals surface area contributed by atoms with Crippen LogP contribution < -0.4 is 0 Å². The molecule has 3 fully saturated rings. The molecule has 5 nitrogen and oxygen atoms in total. The molecule has 1 saturated heterocycles. The van der Waals surface area contributed by atoms with Crippen molar-refractivity contribution in [3.8, 4) is 0 Å². The van der Waals surface area contributed by atoms with Crippen LogP contribution in [0.2, 0.25) is 0 Å². The van der Waals surface area contributed by atoms with Gasteiger partial charge >= 0.3 is 5.97 Å². The van der Waals surface area contributed by atoms with Gasteiger partial charge in [-0.15, -0.1) is 0 Å². The van der Waals surface area contributed by atoms with E-state index in [4.69, 9.17) is 9.47 Å². The van der Waals surface area contributed by atoms with Crippen molar-refractivity contribution in [1.82, 2.24) is 0 Å². The summed E-state index contributed by atoms with van der Waals surface area (Å²) in [7, 11) is 0. The second-order valence-corrected chi connectivity index (χ2v) is 5.98. The van der Waals surface area contributed by atoms with Crippen LogP contribution in [0.25, 0.3) is 0 Å². The highest BCUT2D eigenvalue weighted by atomic mass is 16.6. The minimum Gasteiger partial charge on any atom is -0.459 e. The first-order valence-corrected chi connectivity index (χ1v) is 6.84. The number of ether oxygens (including phenoxy) is 2. The monoisotopic (exact) mass is 266 g/mol. The number of ketones is 2. The van der Waals surface area contributed by atoms with E-state index in [1.807, 2.05) is 0 Å². The van der Waals surface area contributed by atoms with E-state index >= 15 is 0 Å². The molecule has 6 unspecified atom stereocenters. The van der Waals surface area contributed by atoms with Gasteiger partial charge in [0.2, 0.25) is 0 Å². The number of Topliss-reactive ketones (excluding diaryl/α,β-unsaturated/α-hetero) is 2. The predicted molar refractivity (Wildman–Crippen MR) is 64.2 cm³/mol. The average molecular weight is 266 g/mol. The van der Waals surface area contributed by atoms with Crippen LogP contribution in [0.3, 0.4) is 0 Å². The van der Waals surface area contributed by atoms with E-state index in [0.29, 0.717) is 5.92 Å². The second-order valence-electron chi connectivity index (χ2n) is 5.98. The molecule has 1 aliphatic heterocycles. The molecule has 2 bridgehead atoms. The van der Waals surface area contributed by atoms with Gasteiger partial charge in [0.1, 0.15) is 18.5 Å². The third-order valence-corrected chi connectivity index (χ3v) is 4.92. The van der Waals surface area contributed by atoms with Gasteiger partial charge in [0.05, 0.1) is 17.9 Å².